The summed E-state index contributed by atoms with van der Waals surface area (Å²) in [4.78, 5) is 0.0116. The summed E-state index contributed by atoms with van der Waals surface area (Å²) in [5.74, 6) is 0. The van der Waals surface area contributed by atoms with E-state index in [1.807, 2.05) is 6.92 Å². The molecule has 1 fully saturated rings. The summed E-state index contributed by atoms with van der Waals surface area (Å²) in [7, 11) is -3.49. The number of rotatable bonds is 6. The molecule has 0 aliphatic carbocycles. The molecule has 0 saturated carbocycles. The van der Waals surface area contributed by atoms with E-state index in [2.05, 4.69) is 4.72 Å². The van der Waals surface area contributed by atoms with E-state index in [0.717, 1.165) is 12.8 Å². The zero-order valence-corrected chi connectivity index (χ0v) is 11.9. The minimum Gasteiger partial charge on any atom is -0.392 e. The van der Waals surface area contributed by atoms with Gasteiger partial charge in [0.2, 0.25) is 10.0 Å². The average molecular weight is 280 g/mol. The first-order valence-corrected chi connectivity index (χ1v) is 7.68. The fourth-order valence-corrected chi connectivity index (χ4v) is 3.90. The van der Waals surface area contributed by atoms with Gasteiger partial charge in [-0.15, -0.1) is 0 Å². The number of hydrogen-bond donors (Lipinski definition) is 2. The highest BCUT2D eigenvalue weighted by molar-refractivity contribution is 7.93. The Hall–Kier alpha value is -0.240. The second kappa shape index (κ2) is 5.60. The SMILES string of the molecule is CCC(C(N)=S)S(=O)(=O)NCC1(C)CCCO1. The van der Waals surface area contributed by atoms with Crippen LogP contribution in [0.5, 0.6) is 0 Å². The van der Waals surface area contributed by atoms with E-state index in [4.69, 9.17) is 22.7 Å². The van der Waals surface area contributed by atoms with Crippen LogP contribution in [0.2, 0.25) is 0 Å². The minimum atomic E-state index is -3.49. The third kappa shape index (κ3) is 3.87. The second-order valence-electron chi connectivity index (χ2n) is 4.57. The van der Waals surface area contributed by atoms with Crippen LogP contribution in [0, 0.1) is 0 Å². The Labute approximate surface area is 108 Å². The van der Waals surface area contributed by atoms with E-state index >= 15 is 0 Å². The molecule has 5 nitrogen and oxygen atoms in total. The first-order valence-electron chi connectivity index (χ1n) is 5.72. The Balaban J connectivity index is 2.63. The molecule has 17 heavy (non-hydrogen) atoms. The number of nitrogens with two attached hydrogens (primary N) is 1. The molecule has 1 heterocycles. The molecule has 1 aliphatic heterocycles. The molecule has 2 unspecified atom stereocenters. The van der Waals surface area contributed by atoms with Gasteiger partial charge in [-0.25, -0.2) is 13.1 Å². The monoisotopic (exact) mass is 280 g/mol. The van der Waals surface area contributed by atoms with Gasteiger partial charge in [-0.2, -0.15) is 0 Å². The molecule has 0 aromatic rings. The maximum atomic E-state index is 12.0. The van der Waals surface area contributed by atoms with Gasteiger partial charge in [-0.1, -0.05) is 19.1 Å². The van der Waals surface area contributed by atoms with Crippen LogP contribution in [0.3, 0.4) is 0 Å². The largest absolute Gasteiger partial charge is 0.392 e. The van der Waals surface area contributed by atoms with Gasteiger partial charge in [-0.05, 0) is 26.2 Å². The van der Waals surface area contributed by atoms with Crippen LogP contribution in [0.25, 0.3) is 0 Å². The van der Waals surface area contributed by atoms with Crippen molar-refractivity contribution < 1.29 is 13.2 Å². The molecule has 1 saturated heterocycles. The van der Waals surface area contributed by atoms with Gasteiger partial charge in [0.25, 0.3) is 0 Å². The number of thiocarbonyl (C=S) groups is 1. The molecular formula is C10H20N2O3S2. The molecule has 0 aromatic heterocycles. The van der Waals surface area contributed by atoms with Crippen LogP contribution < -0.4 is 10.5 Å². The molecule has 1 aliphatic rings. The quantitative estimate of drug-likeness (QED) is 0.694. The number of hydrogen-bond acceptors (Lipinski definition) is 4. The van der Waals surface area contributed by atoms with Gasteiger partial charge in [-0.3, -0.25) is 0 Å². The van der Waals surface area contributed by atoms with E-state index in [-0.39, 0.29) is 11.5 Å². The number of nitrogens with one attached hydrogen (secondary N) is 1. The highest BCUT2D eigenvalue weighted by Gasteiger charge is 2.33. The molecule has 1 rings (SSSR count). The van der Waals surface area contributed by atoms with E-state index in [1.54, 1.807) is 6.92 Å². The lowest BCUT2D eigenvalue weighted by Crippen LogP contribution is -2.47. The Morgan fingerprint density at radius 2 is 2.29 bits per heavy atom. The zero-order valence-electron chi connectivity index (χ0n) is 10.2. The molecule has 0 spiro atoms. The van der Waals surface area contributed by atoms with Gasteiger partial charge < -0.3 is 10.5 Å². The number of ether oxygens (including phenoxy) is 1. The van der Waals surface area contributed by atoms with Crippen molar-refractivity contribution >= 4 is 27.2 Å². The third-order valence-corrected chi connectivity index (χ3v) is 5.33. The van der Waals surface area contributed by atoms with Crippen LogP contribution in [-0.4, -0.2) is 37.4 Å². The summed E-state index contributed by atoms with van der Waals surface area (Å²) in [6.45, 7) is 4.61. The Kier molecular flexibility index (Phi) is 4.88. The molecule has 0 radical (unpaired) electrons. The molecule has 0 aromatic carbocycles. The summed E-state index contributed by atoms with van der Waals surface area (Å²) in [5.41, 5.74) is 5.03. The fourth-order valence-electron chi connectivity index (χ4n) is 1.90. The standard InChI is InChI=1S/C10H20N2O3S2/c1-3-8(9(11)16)17(13,14)12-7-10(2)5-4-6-15-10/h8,12H,3-7H2,1-2H3,(H2,11,16). The van der Waals surface area contributed by atoms with E-state index in [0.29, 0.717) is 13.0 Å². The lowest BCUT2D eigenvalue weighted by molar-refractivity contribution is 0.0250. The van der Waals surface area contributed by atoms with Crippen molar-refractivity contribution in [1.82, 2.24) is 4.72 Å². The van der Waals surface area contributed by atoms with Gasteiger partial charge in [0, 0.05) is 13.2 Å². The van der Waals surface area contributed by atoms with Crippen LogP contribution in [0.1, 0.15) is 33.1 Å². The predicted molar refractivity (Wildman–Crippen MR) is 71.4 cm³/mol. The Morgan fingerprint density at radius 3 is 2.71 bits per heavy atom. The van der Waals surface area contributed by atoms with Crippen molar-refractivity contribution in [1.29, 1.82) is 0 Å². The Bertz CT molecular complexity index is 375. The van der Waals surface area contributed by atoms with E-state index in [9.17, 15) is 8.42 Å². The maximum Gasteiger partial charge on any atom is 0.221 e. The van der Waals surface area contributed by atoms with Crippen LogP contribution in [0.4, 0.5) is 0 Å². The summed E-state index contributed by atoms with van der Waals surface area (Å²) >= 11 is 4.77. The summed E-state index contributed by atoms with van der Waals surface area (Å²) < 4.78 is 32.0. The molecule has 0 amide bonds. The van der Waals surface area contributed by atoms with Crippen molar-refractivity contribution in [3.05, 3.63) is 0 Å². The van der Waals surface area contributed by atoms with Crippen molar-refractivity contribution in [3.8, 4) is 0 Å². The smallest absolute Gasteiger partial charge is 0.221 e. The van der Waals surface area contributed by atoms with Gasteiger partial charge in [0.15, 0.2) is 0 Å². The van der Waals surface area contributed by atoms with Crippen LogP contribution in [0.15, 0.2) is 0 Å². The second-order valence-corrected chi connectivity index (χ2v) is 6.99. The average Bonchev–Trinajstić information content (AvgIpc) is 2.63. The molecule has 7 heteroatoms. The maximum absolute atomic E-state index is 12.0. The van der Waals surface area contributed by atoms with Crippen molar-refractivity contribution in [3.63, 3.8) is 0 Å². The van der Waals surface area contributed by atoms with Crippen LogP contribution >= 0.6 is 12.2 Å². The predicted octanol–water partition coefficient (Wildman–Crippen LogP) is 0.540. The fraction of sp³-hybridized carbons (Fsp3) is 0.900. The zero-order chi connectivity index (χ0) is 13.1. The molecule has 100 valence electrons. The normalized spacial score (nSPS) is 26.9. The molecule has 3 N–H and O–H groups in total. The molecule has 2 atom stereocenters. The lowest BCUT2D eigenvalue weighted by atomic mass is 10.0. The molecular weight excluding hydrogens is 260 g/mol. The summed E-state index contributed by atoms with van der Waals surface area (Å²) in [5, 5.41) is -0.803. The topological polar surface area (TPSA) is 81.4 Å². The highest BCUT2D eigenvalue weighted by atomic mass is 32.2. The first-order chi connectivity index (χ1) is 7.81. The highest BCUT2D eigenvalue weighted by Crippen LogP contribution is 2.24. The number of sulfonamides is 1. The van der Waals surface area contributed by atoms with Crippen LogP contribution in [-0.2, 0) is 14.8 Å². The van der Waals surface area contributed by atoms with Gasteiger partial charge >= 0.3 is 0 Å². The van der Waals surface area contributed by atoms with Crippen molar-refractivity contribution in [2.75, 3.05) is 13.2 Å². The minimum absolute atomic E-state index is 0.0116. The van der Waals surface area contributed by atoms with E-state index in [1.165, 1.54) is 0 Å². The molecule has 0 bridgehead atoms. The lowest BCUT2D eigenvalue weighted by Gasteiger charge is -2.25. The summed E-state index contributed by atoms with van der Waals surface area (Å²) in [6, 6.07) is 0. The van der Waals surface area contributed by atoms with Gasteiger partial charge in [0.05, 0.1) is 10.6 Å². The first kappa shape index (κ1) is 14.8. The van der Waals surface area contributed by atoms with Crippen molar-refractivity contribution in [2.45, 2.75) is 44.0 Å². The van der Waals surface area contributed by atoms with E-state index < -0.39 is 20.9 Å². The van der Waals surface area contributed by atoms with Crippen molar-refractivity contribution in [2.24, 2.45) is 5.73 Å². The third-order valence-electron chi connectivity index (χ3n) is 3.01. The van der Waals surface area contributed by atoms with Gasteiger partial charge in [0.1, 0.15) is 5.25 Å². The summed E-state index contributed by atoms with van der Waals surface area (Å²) in [6.07, 6.45) is 2.20. The Morgan fingerprint density at radius 1 is 1.65 bits per heavy atom.